The Morgan fingerprint density at radius 2 is 2.06 bits per heavy atom. The Morgan fingerprint density at radius 3 is 2.61 bits per heavy atom. The van der Waals surface area contributed by atoms with Crippen LogP contribution < -0.4 is 5.32 Å². The number of halogens is 1. The molecule has 1 aromatic carbocycles. The number of benzene rings is 1. The molecule has 1 aromatic rings. The first-order chi connectivity index (χ1) is 8.74. The molecule has 0 radical (unpaired) electrons. The van der Waals surface area contributed by atoms with E-state index in [-0.39, 0.29) is 0 Å². The molecule has 0 bridgehead atoms. The highest BCUT2D eigenvalue weighted by molar-refractivity contribution is 6.30. The number of nitrogens with one attached hydrogen (secondary N) is 1. The van der Waals surface area contributed by atoms with E-state index in [4.69, 9.17) is 16.3 Å². The molecule has 0 aromatic heterocycles. The third-order valence-electron chi connectivity index (χ3n) is 4.62. The van der Waals surface area contributed by atoms with Crippen molar-refractivity contribution in [2.24, 2.45) is 5.41 Å². The number of hydrogen-bond donors (Lipinski definition) is 1. The van der Waals surface area contributed by atoms with Crippen molar-refractivity contribution in [2.75, 3.05) is 11.9 Å². The van der Waals surface area contributed by atoms with Crippen LogP contribution in [0.5, 0.6) is 0 Å². The fourth-order valence-corrected chi connectivity index (χ4v) is 3.51. The van der Waals surface area contributed by atoms with Gasteiger partial charge in [0.05, 0.1) is 6.10 Å². The highest BCUT2D eigenvalue weighted by atomic mass is 35.5. The predicted octanol–water partition coefficient (Wildman–Crippen LogP) is 4.10. The second kappa shape index (κ2) is 4.75. The van der Waals surface area contributed by atoms with Crippen molar-refractivity contribution in [3.63, 3.8) is 0 Å². The molecule has 2 saturated carbocycles. The summed E-state index contributed by atoms with van der Waals surface area (Å²) in [6.45, 7) is 2.92. The van der Waals surface area contributed by atoms with Gasteiger partial charge in [0, 0.05) is 28.8 Å². The SMILES string of the molecule is CCOC1CC(Nc2ccc(Cl)cc2)C12CCC2. The van der Waals surface area contributed by atoms with Gasteiger partial charge < -0.3 is 10.1 Å². The quantitative estimate of drug-likeness (QED) is 0.885. The highest BCUT2D eigenvalue weighted by Gasteiger charge is 2.58. The topological polar surface area (TPSA) is 21.3 Å². The van der Waals surface area contributed by atoms with Crippen LogP contribution in [0.2, 0.25) is 5.02 Å². The molecule has 3 rings (SSSR count). The maximum absolute atomic E-state index is 5.91. The van der Waals surface area contributed by atoms with Gasteiger partial charge in [-0.25, -0.2) is 0 Å². The van der Waals surface area contributed by atoms with Crippen LogP contribution in [0.1, 0.15) is 32.6 Å². The second-order valence-electron chi connectivity index (χ2n) is 5.47. The number of rotatable bonds is 4. The van der Waals surface area contributed by atoms with Crippen LogP contribution in [0.4, 0.5) is 5.69 Å². The second-order valence-corrected chi connectivity index (χ2v) is 5.91. The van der Waals surface area contributed by atoms with E-state index in [1.54, 1.807) is 0 Å². The van der Waals surface area contributed by atoms with Gasteiger partial charge in [-0.05, 0) is 50.5 Å². The zero-order valence-electron chi connectivity index (χ0n) is 10.8. The first-order valence-corrected chi connectivity index (χ1v) is 7.26. The first-order valence-electron chi connectivity index (χ1n) is 6.88. The summed E-state index contributed by atoms with van der Waals surface area (Å²) < 4.78 is 5.86. The molecule has 18 heavy (non-hydrogen) atoms. The molecule has 1 spiro atoms. The minimum atomic E-state index is 0.412. The summed E-state index contributed by atoms with van der Waals surface area (Å²) in [6.07, 6.45) is 5.58. The van der Waals surface area contributed by atoms with Crippen molar-refractivity contribution in [1.82, 2.24) is 0 Å². The van der Waals surface area contributed by atoms with Gasteiger partial charge in [-0.15, -0.1) is 0 Å². The number of ether oxygens (including phenoxy) is 1. The summed E-state index contributed by atoms with van der Waals surface area (Å²) in [6, 6.07) is 8.57. The molecule has 2 fully saturated rings. The summed E-state index contributed by atoms with van der Waals surface area (Å²) in [7, 11) is 0. The Balaban J connectivity index is 1.66. The molecular formula is C15H20ClNO. The van der Waals surface area contributed by atoms with E-state index in [1.807, 2.05) is 12.1 Å². The Bertz CT molecular complexity index is 413. The Kier molecular flexibility index (Phi) is 3.25. The van der Waals surface area contributed by atoms with Gasteiger partial charge >= 0.3 is 0 Å². The van der Waals surface area contributed by atoms with Crippen LogP contribution in [-0.4, -0.2) is 18.8 Å². The highest BCUT2D eigenvalue weighted by Crippen LogP contribution is 2.58. The first kappa shape index (κ1) is 12.3. The summed E-state index contributed by atoms with van der Waals surface area (Å²) in [5, 5.41) is 4.44. The lowest BCUT2D eigenvalue weighted by molar-refractivity contribution is -0.157. The van der Waals surface area contributed by atoms with Crippen molar-refractivity contribution in [2.45, 2.75) is 44.8 Å². The number of hydrogen-bond acceptors (Lipinski definition) is 2. The summed E-state index contributed by atoms with van der Waals surface area (Å²) >= 11 is 5.91. The monoisotopic (exact) mass is 265 g/mol. The fourth-order valence-electron chi connectivity index (χ4n) is 3.39. The molecule has 2 unspecified atom stereocenters. The van der Waals surface area contributed by atoms with E-state index in [0.717, 1.165) is 18.1 Å². The molecule has 0 saturated heterocycles. The van der Waals surface area contributed by atoms with E-state index >= 15 is 0 Å². The van der Waals surface area contributed by atoms with E-state index in [1.165, 1.54) is 24.9 Å². The van der Waals surface area contributed by atoms with Crippen LogP contribution >= 0.6 is 11.6 Å². The lowest BCUT2D eigenvalue weighted by atomic mass is 9.51. The molecule has 2 aliphatic rings. The van der Waals surface area contributed by atoms with Crippen LogP contribution in [0, 0.1) is 5.41 Å². The maximum Gasteiger partial charge on any atom is 0.0670 e. The van der Waals surface area contributed by atoms with Gasteiger partial charge in [0.15, 0.2) is 0 Å². The summed E-state index contributed by atoms with van der Waals surface area (Å²) in [5.74, 6) is 0. The minimum absolute atomic E-state index is 0.412. The van der Waals surface area contributed by atoms with Crippen LogP contribution in [0.3, 0.4) is 0 Å². The smallest absolute Gasteiger partial charge is 0.0670 e. The largest absolute Gasteiger partial charge is 0.382 e. The van der Waals surface area contributed by atoms with Crippen molar-refractivity contribution in [3.05, 3.63) is 29.3 Å². The Labute approximate surface area is 114 Å². The lowest BCUT2D eigenvalue weighted by Crippen LogP contribution is -2.64. The van der Waals surface area contributed by atoms with E-state index in [9.17, 15) is 0 Å². The molecule has 98 valence electrons. The third-order valence-corrected chi connectivity index (χ3v) is 4.87. The van der Waals surface area contributed by atoms with Gasteiger partial charge in [-0.3, -0.25) is 0 Å². The lowest BCUT2D eigenvalue weighted by Gasteiger charge is -2.61. The normalized spacial score (nSPS) is 28.6. The Morgan fingerprint density at radius 1 is 1.33 bits per heavy atom. The average Bonchev–Trinajstić information content (AvgIpc) is 2.28. The fraction of sp³-hybridized carbons (Fsp3) is 0.600. The van der Waals surface area contributed by atoms with Crippen molar-refractivity contribution >= 4 is 17.3 Å². The summed E-state index contributed by atoms with van der Waals surface area (Å²) in [5.41, 5.74) is 1.58. The molecular weight excluding hydrogens is 246 g/mol. The predicted molar refractivity (Wildman–Crippen MR) is 75.2 cm³/mol. The molecule has 1 N–H and O–H groups in total. The molecule has 0 amide bonds. The third kappa shape index (κ3) is 1.92. The van der Waals surface area contributed by atoms with Crippen LogP contribution in [0.25, 0.3) is 0 Å². The molecule has 2 atom stereocenters. The summed E-state index contributed by atoms with van der Waals surface area (Å²) in [4.78, 5) is 0. The molecule has 2 aliphatic carbocycles. The molecule has 3 heteroatoms. The maximum atomic E-state index is 5.91. The van der Waals surface area contributed by atoms with Crippen LogP contribution in [-0.2, 0) is 4.74 Å². The standard InChI is InChI=1S/C15H20ClNO/c1-2-18-14-10-13(15(14)8-3-9-15)17-12-6-4-11(16)5-7-12/h4-7,13-14,17H,2-3,8-10H2,1H3. The van der Waals surface area contributed by atoms with Crippen LogP contribution in [0.15, 0.2) is 24.3 Å². The average molecular weight is 266 g/mol. The van der Waals surface area contributed by atoms with Gasteiger partial charge in [0.1, 0.15) is 0 Å². The molecule has 2 nitrogen and oxygen atoms in total. The molecule has 0 aliphatic heterocycles. The Hall–Kier alpha value is -0.730. The van der Waals surface area contributed by atoms with E-state index in [2.05, 4.69) is 24.4 Å². The van der Waals surface area contributed by atoms with Gasteiger partial charge in [-0.1, -0.05) is 18.0 Å². The van der Waals surface area contributed by atoms with Gasteiger partial charge in [0.25, 0.3) is 0 Å². The minimum Gasteiger partial charge on any atom is -0.382 e. The van der Waals surface area contributed by atoms with Gasteiger partial charge in [0.2, 0.25) is 0 Å². The van der Waals surface area contributed by atoms with Crippen molar-refractivity contribution in [3.8, 4) is 0 Å². The number of anilines is 1. The molecule has 0 heterocycles. The zero-order valence-corrected chi connectivity index (χ0v) is 11.5. The zero-order chi connectivity index (χ0) is 12.6. The van der Waals surface area contributed by atoms with Gasteiger partial charge in [-0.2, -0.15) is 0 Å². The van der Waals surface area contributed by atoms with Crippen molar-refractivity contribution in [1.29, 1.82) is 0 Å². The van der Waals surface area contributed by atoms with Crippen molar-refractivity contribution < 1.29 is 4.74 Å². The van der Waals surface area contributed by atoms with E-state index in [0.29, 0.717) is 17.6 Å². The van der Waals surface area contributed by atoms with E-state index < -0.39 is 0 Å².